The molecular weight excluding hydrogens is 253 g/mol. The molecule has 0 aromatic carbocycles. The molecule has 2 aliphatic rings. The second-order valence-corrected chi connectivity index (χ2v) is 5.71. The third-order valence-corrected chi connectivity index (χ3v) is 4.23. The molecule has 1 unspecified atom stereocenters. The number of alkyl halides is 3. The molecule has 17 heavy (non-hydrogen) atoms. The molecule has 2 fully saturated rings. The van der Waals surface area contributed by atoms with E-state index in [0.717, 1.165) is 18.1 Å². The fourth-order valence-corrected chi connectivity index (χ4v) is 2.85. The maximum atomic E-state index is 12.6. The van der Waals surface area contributed by atoms with Crippen LogP contribution in [0.1, 0.15) is 19.3 Å². The number of hydrogen-bond acceptors (Lipinski definition) is 3. The number of nitrogens with one attached hydrogen (secondary N) is 2. The van der Waals surface area contributed by atoms with Gasteiger partial charge in [-0.05, 0) is 12.8 Å². The Kier molecular flexibility index (Phi) is 3.58. The average molecular weight is 268 g/mol. The number of thioether (sulfide) groups is 1. The second kappa shape index (κ2) is 4.68. The van der Waals surface area contributed by atoms with E-state index in [1.807, 2.05) is 0 Å². The van der Waals surface area contributed by atoms with Gasteiger partial charge in [-0.15, -0.1) is 0 Å². The van der Waals surface area contributed by atoms with E-state index in [1.165, 1.54) is 0 Å². The van der Waals surface area contributed by atoms with Crippen LogP contribution in [0.4, 0.5) is 13.2 Å². The number of carbonyl (C=O) groups is 1. The van der Waals surface area contributed by atoms with Gasteiger partial charge in [0.1, 0.15) is 5.54 Å². The first-order chi connectivity index (χ1) is 7.93. The number of carbonyl (C=O) groups excluding carboxylic acids is 1. The molecule has 0 radical (unpaired) electrons. The van der Waals surface area contributed by atoms with E-state index in [2.05, 4.69) is 10.6 Å². The first-order valence-corrected chi connectivity index (χ1v) is 6.77. The topological polar surface area (TPSA) is 41.1 Å². The van der Waals surface area contributed by atoms with Crippen molar-refractivity contribution in [2.24, 2.45) is 0 Å². The van der Waals surface area contributed by atoms with Gasteiger partial charge in [0.25, 0.3) is 0 Å². The van der Waals surface area contributed by atoms with E-state index in [9.17, 15) is 18.0 Å². The van der Waals surface area contributed by atoms with Crippen molar-refractivity contribution < 1.29 is 18.0 Å². The zero-order valence-electron chi connectivity index (χ0n) is 9.27. The minimum absolute atomic E-state index is 0.00205. The second-order valence-electron chi connectivity index (χ2n) is 4.56. The Bertz CT molecular complexity index is 298. The van der Waals surface area contributed by atoms with Crippen molar-refractivity contribution in [3.63, 3.8) is 0 Å². The minimum Gasteiger partial charge on any atom is -0.342 e. The van der Waals surface area contributed by atoms with Crippen LogP contribution < -0.4 is 10.6 Å². The highest BCUT2D eigenvalue weighted by Crippen LogP contribution is 2.48. The zero-order valence-corrected chi connectivity index (χ0v) is 10.1. The maximum Gasteiger partial charge on any atom is 0.411 e. The highest BCUT2D eigenvalue weighted by atomic mass is 32.2. The fourth-order valence-electron chi connectivity index (χ4n) is 1.90. The summed E-state index contributed by atoms with van der Waals surface area (Å²) >= 11 is 1.72. The Morgan fingerprint density at radius 1 is 1.47 bits per heavy atom. The van der Waals surface area contributed by atoms with Crippen molar-refractivity contribution in [2.75, 3.05) is 18.1 Å². The lowest BCUT2D eigenvalue weighted by molar-refractivity contribution is -0.170. The average Bonchev–Trinajstić information content (AvgIpc) is 2.99. The van der Waals surface area contributed by atoms with Gasteiger partial charge < -0.3 is 10.6 Å². The Labute approximate surface area is 102 Å². The normalized spacial score (nSPS) is 27.6. The molecule has 1 amide bonds. The van der Waals surface area contributed by atoms with E-state index in [-0.39, 0.29) is 25.3 Å². The van der Waals surface area contributed by atoms with Crippen LogP contribution in [0, 0.1) is 0 Å². The molecule has 1 atom stereocenters. The van der Waals surface area contributed by atoms with Gasteiger partial charge in [0.05, 0.1) is 0 Å². The molecule has 7 heteroatoms. The smallest absolute Gasteiger partial charge is 0.342 e. The summed E-state index contributed by atoms with van der Waals surface area (Å²) in [5, 5.41) is 5.27. The molecule has 1 heterocycles. The summed E-state index contributed by atoms with van der Waals surface area (Å²) in [6.07, 6.45) is -4.17. The largest absolute Gasteiger partial charge is 0.411 e. The fraction of sp³-hybridized carbons (Fsp3) is 0.900. The van der Waals surface area contributed by atoms with Gasteiger partial charge in [-0.2, -0.15) is 24.9 Å². The van der Waals surface area contributed by atoms with Gasteiger partial charge in [-0.1, -0.05) is 0 Å². The molecule has 0 aromatic rings. The van der Waals surface area contributed by atoms with Gasteiger partial charge in [0.15, 0.2) is 0 Å². The SMILES string of the molecule is O=C(CC1CSCCN1)NC1(C(F)(F)F)CC1. The van der Waals surface area contributed by atoms with Gasteiger partial charge in [0.2, 0.25) is 5.91 Å². The Hall–Kier alpha value is -0.430. The predicted molar refractivity (Wildman–Crippen MR) is 59.9 cm³/mol. The standard InChI is InChI=1S/C10H15F3N2OS/c11-10(12,13)9(1-2-9)15-8(16)5-7-6-17-4-3-14-7/h7,14H,1-6H2,(H,15,16). The van der Waals surface area contributed by atoms with Crippen LogP contribution in [0.3, 0.4) is 0 Å². The summed E-state index contributed by atoms with van der Waals surface area (Å²) in [4.78, 5) is 11.6. The number of halogens is 3. The molecule has 0 aromatic heterocycles. The van der Waals surface area contributed by atoms with Crippen LogP contribution in [-0.2, 0) is 4.79 Å². The van der Waals surface area contributed by atoms with Crippen LogP contribution in [0.2, 0.25) is 0 Å². The summed E-state index contributed by atoms with van der Waals surface area (Å²) in [5.41, 5.74) is -1.92. The molecule has 98 valence electrons. The first-order valence-electron chi connectivity index (χ1n) is 5.62. The van der Waals surface area contributed by atoms with Gasteiger partial charge in [0, 0.05) is 30.5 Å². The Morgan fingerprint density at radius 3 is 2.65 bits per heavy atom. The molecule has 2 N–H and O–H groups in total. The van der Waals surface area contributed by atoms with E-state index in [1.54, 1.807) is 11.8 Å². The summed E-state index contributed by atoms with van der Waals surface area (Å²) < 4.78 is 37.8. The van der Waals surface area contributed by atoms with E-state index in [0.29, 0.717) is 0 Å². The number of rotatable bonds is 3. The van der Waals surface area contributed by atoms with Crippen LogP contribution >= 0.6 is 11.8 Å². The van der Waals surface area contributed by atoms with Crippen LogP contribution in [-0.4, -0.2) is 41.7 Å². The maximum absolute atomic E-state index is 12.6. The molecule has 3 nitrogen and oxygen atoms in total. The van der Waals surface area contributed by atoms with Crippen molar-refractivity contribution in [1.29, 1.82) is 0 Å². The van der Waals surface area contributed by atoms with Gasteiger partial charge in [-0.25, -0.2) is 0 Å². The van der Waals surface area contributed by atoms with Crippen LogP contribution in [0.15, 0.2) is 0 Å². The third-order valence-electron chi connectivity index (χ3n) is 3.10. The summed E-state index contributed by atoms with van der Waals surface area (Å²) in [6.45, 7) is 0.813. The molecular formula is C10H15F3N2OS. The van der Waals surface area contributed by atoms with E-state index < -0.39 is 17.6 Å². The minimum atomic E-state index is -4.32. The lowest BCUT2D eigenvalue weighted by Gasteiger charge is -2.25. The molecule has 2 rings (SSSR count). The van der Waals surface area contributed by atoms with Crippen molar-refractivity contribution >= 4 is 17.7 Å². The molecule has 1 saturated carbocycles. The van der Waals surface area contributed by atoms with E-state index in [4.69, 9.17) is 0 Å². The third kappa shape index (κ3) is 3.07. The van der Waals surface area contributed by atoms with Crippen molar-refractivity contribution in [1.82, 2.24) is 10.6 Å². The summed E-state index contributed by atoms with van der Waals surface area (Å²) in [7, 11) is 0. The molecule has 1 aliphatic heterocycles. The molecule has 0 spiro atoms. The molecule has 1 saturated heterocycles. The molecule has 0 bridgehead atoms. The van der Waals surface area contributed by atoms with Crippen molar-refractivity contribution in [3.05, 3.63) is 0 Å². The Balaban J connectivity index is 1.81. The van der Waals surface area contributed by atoms with Gasteiger partial charge in [-0.3, -0.25) is 4.79 Å². The first kappa shape index (κ1) is 13.0. The van der Waals surface area contributed by atoms with Crippen LogP contribution in [0.5, 0.6) is 0 Å². The predicted octanol–water partition coefficient (Wildman–Crippen LogP) is 1.29. The highest BCUT2D eigenvalue weighted by molar-refractivity contribution is 7.99. The zero-order chi connectivity index (χ0) is 12.5. The van der Waals surface area contributed by atoms with Crippen LogP contribution in [0.25, 0.3) is 0 Å². The molecule has 1 aliphatic carbocycles. The van der Waals surface area contributed by atoms with Gasteiger partial charge >= 0.3 is 6.18 Å². The lowest BCUT2D eigenvalue weighted by atomic mass is 10.2. The highest BCUT2D eigenvalue weighted by Gasteiger charge is 2.64. The van der Waals surface area contributed by atoms with E-state index >= 15 is 0 Å². The Morgan fingerprint density at radius 2 is 2.18 bits per heavy atom. The summed E-state index contributed by atoms with van der Waals surface area (Å²) in [6, 6.07) is -0.00205. The lowest BCUT2D eigenvalue weighted by Crippen LogP contribution is -2.50. The number of hydrogen-bond donors (Lipinski definition) is 2. The van der Waals surface area contributed by atoms with Crippen molar-refractivity contribution in [3.8, 4) is 0 Å². The monoisotopic (exact) mass is 268 g/mol. The number of amides is 1. The van der Waals surface area contributed by atoms with Crippen molar-refractivity contribution in [2.45, 2.75) is 37.0 Å². The summed E-state index contributed by atoms with van der Waals surface area (Å²) in [5.74, 6) is 1.27. The quantitative estimate of drug-likeness (QED) is 0.810.